The van der Waals surface area contributed by atoms with Crippen molar-refractivity contribution < 1.29 is 4.74 Å². The highest BCUT2D eigenvalue weighted by Gasteiger charge is 2.44. The number of hydrogen-bond acceptors (Lipinski definition) is 3. The predicted molar refractivity (Wildman–Crippen MR) is 75.6 cm³/mol. The Morgan fingerprint density at radius 1 is 1.22 bits per heavy atom. The SMILES string of the molecule is CCC(C)CC(N)C1(N2CCOCC2)CCCC1. The Hall–Kier alpha value is -0.120. The van der Waals surface area contributed by atoms with E-state index in [1.807, 2.05) is 0 Å². The van der Waals surface area contributed by atoms with E-state index < -0.39 is 0 Å². The molecule has 3 nitrogen and oxygen atoms in total. The molecule has 2 rings (SSSR count). The molecule has 0 amide bonds. The van der Waals surface area contributed by atoms with Crippen LogP contribution in [0.15, 0.2) is 0 Å². The van der Waals surface area contributed by atoms with E-state index in [2.05, 4.69) is 18.7 Å². The van der Waals surface area contributed by atoms with Gasteiger partial charge in [-0.05, 0) is 25.2 Å². The van der Waals surface area contributed by atoms with Gasteiger partial charge in [-0.25, -0.2) is 0 Å². The second-order valence-electron chi connectivity index (χ2n) is 6.27. The van der Waals surface area contributed by atoms with Crippen LogP contribution in [0.2, 0.25) is 0 Å². The first-order valence-corrected chi connectivity index (χ1v) is 7.77. The van der Waals surface area contributed by atoms with Crippen molar-refractivity contribution in [3.8, 4) is 0 Å². The number of rotatable bonds is 5. The Kier molecular flexibility index (Phi) is 5.05. The number of nitrogens with zero attached hydrogens (tertiary/aromatic N) is 1. The zero-order valence-corrected chi connectivity index (χ0v) is 12.2. The molecule has 0 spiro atoms. The smallest absolute Gasteiger partial charge is 0.0594 e. The first-order chi connectivity index (χ1) is 8.69. The number of hydrogen-bond donors (Lipinski definition) is 1. The van der Waals surface area contributed by atoms with Gasteiger partial charge in [0.05, 0.1) is 13.2 Å². The normalized spacial score (nSPS) is 28.2. The minimum absolute atomic E-state index is 0.285. The fraction of sp³-hybridized carbons (Fsp3) is 1.00. The summed E-state index contributed by atoms with van der Waals surface area (Å²) in [5, 5.41) is 0. The number of nitrogens with two attached hydrogens (primary N) is 1. The topological polar surface area (TPSA) is 38.5 Å². The van der Waals surface area contributed by atoms with Crippen molar-refractivity contribution in [2.45, 2.75) is 64.0 Å². The van der Waals surface area contributed by atoms with Crippen molar-refractivity contribution in [2.75, 3.05) is 26.3 Å². The van der Waals surface area contributed by atoms with Crippen LogP contribution in [0.3, 0.4) is 0 Å². The molecule has 106 valence electrons. The van der Waals surface area contributed by atoms with E-state index in [1.165, 1.54) is 38.5 Å². The van der Waals surface area contributed by atoms with Crippen molar-refractivity contribution in [3.63, 3.8) is 0 Å². The van der Waals surface area contributed by atoms with Gasteiger partial charge in [0.15, 0.2) is 0 Å². The van der Waals surface area contributed by atoms with Crippen LogP contribution in [0.25, 0.3) is 0 Å². The lowest BCUT2D eigenvalue weighted by molar-refractivity contribution is -0.0332. The van der Waals surface area contributed by atoms with E-state index in [0.29, 0.717) is 6.04 Å². The van der Waals surface area contributed by atoms with Gasteiger partial charge in [-0.3, -0.25) is 4.90 Å². The molecule has 1 aliphatic heterocycles. The fourth-order valence-electron chi connectivity index (χ4n) is 3.74. The van der Waals surface area contributed by atoms with Crippen molar-refractivity contribution >= 4 is 0 Å². The molecule has 18 heavy (non-hydrogen) atoms. The lowest BCUT2D eigenvalue weighted by Gasteiger charge is -2.47. The molecule has 2 fully saturated rings. The largest absolute Gasteiger partial charge is 0.379 e. The molecule has 2 aliphatic rings. The van der Waals surface area contributed by atoms with Gasteiger partial charge in [-0.1, -0.05) is 33.1 Å². The van der Waals surface area contributed by atoms with Gasteiger partial charge in [0.25, 0.3) is 0 Å². The Morgan fingerprint density at radius 3 is 2.39 bits per heavy atom. The van der Waals surface area contributed by atoms with Crippen LogP contribution in [0.5, 0.6) is 0 Å². The summed E-state index contributed by atoms with van der Waals surface area (Å²) in [6.45, 7) is 8.54. The van der Waals surface area contributed by atoms with Crippen molar-refractivity contribution in [3.05, 3.63) is 0 Å². The zero-order valence-electron chi connectivity index (χ0n) is 12.2. The van der Waals surface area contributed by atoms with E-state index in [9.17, 15) is 0 Å². The monoisotopic (exact) mass is 254 g/mol. The molecule has 1 saturated carbocycles. The van der Waals surface area contributed by atoms with Crippen LogP contribution in [0.1, 0.15) is 52.4 Å². The molecular weight excluding hydrogens is 224 g/mol. The van der Waals surface area contributed by atoms with E-state index in [0.717, 1.165) is 32.2 Å². The molecule has 1 aliphatic carbocycles. The molecule has 0 aromatic heterocycles. The van der Waals surface area contributed by atoms with Crippen LogP contribution in [0.4, 0.5) is 0 Å². The highest BCUT2D eigenvalue weighted by Crippen LogP contribution is 2.39. The molecule has 0 radical (unpaired) electrons. The van der Waals surface area contributed by atoms with Gasteiger partial charge in [0, 0.05) is 24.7 Å². The highest BCUT2D eigenvalue weighted by molar-refractivity contribution is 5.03. The van der Waals surface area contributed by atoms with Gasteiger partial charge in [-0.15, -0.1) is 0 Å². The van der Waals surface area contributed by atoms with Gasteiger partial charge < -0.3 is 10.5 Å². The number of ether oxygens (including phenoxy) is 1. The van der Waals surface area contributed by atoms with Crippen LogP contribution < -0.4 is 5.73 Å². The highest BCUT2D eigenvalue weighted by atomic mass is 16.5. The minimum Gasteiger partial charge on any atom is -0.379 e. The summed E-state index contributed by atoms with van der Waals surface area (Å²) in [4.78, 5) is 2.65. The molecule has 2 atom stereocenters. The van der Waals surface area contributed by atoms with Crippen molar-refractivity contribution in [1.29, 1.82) is 0 Å². The Balaban J connectivity index is 2.05. The fourth-order valence-corrected chi connectivity index (χ4v) is 3.74. The van der Waals surface area contributed by atoms with Gasteiger partial charge >= 0.3 is 0 Å². The molecule has 2 N–H and O–H groups in total. The van der Waals surface area contributed by atoms with Gasteiger partial charge in [0.2, 0.25) is 0 Å². The average molecular weight is 254 g/mol. The van der Waals surface area contributed by atoms with E-state index >= 15 is 0 Å². The first kappa shape index (κ1) is 14.3. The Morgan fingerprint density at radius 2 is 1.83 bits per heavy atom. The van der Waals surface area contributed by atoms with Crippen LogP contribution in [-0.4, -0.2) is 42.8 Å². The molecule has 1 saturated heterocycles. The quantitative estimate of drug-likeness (QED) is 0.819. The van der Waals surface area contributed by atoms with E-state index in [4.69, 9.17) is 10.5 Å². The third kappa shape index (κ3) is 2.89. The summed E-state index contributed by atoms with van der Waals surface area (Å²) in [7, 11) is 0. The number of morpholine rings is 1. The van der Waals surface area contributed by atoms with Crippen LogP contribution in [-0.2, 0) is 4.74 Å². The summed E-state index contributed by atoms with van der Waals surface area (Å²) >= 11 is 0. The average Bonchev–Trinajstić information content (AvgIpc) is 2.90. The maximum absolute atomic E-state index is 6.64. The van der Waals surface area contributed by atoms with Crippen molar-refractivity contribution in [2.24, 2.45) is 11.7 Å². The Bertz CT molecular complexity index is 245. The summed E-state index contributed by atoms with van der Waals surface area (Å²) in [6, 6.07) is 0.341. The maximum atomic E-state index is 6.64. The van der Waals surface area contributed by atoms with Crippen molar-refractivity contribution in [1.82, 2.24) is 4.90 Å². The lowest BCUT2D eigenvalue weighted by Crippen LogP contribution is -2.61. The Labute approximate surface area is 112 Å². The van der Waals surface area contributed by atoms with E-state index in [1.54, 1.807) is 0 Å². The lowest BCUT2D eigenvalue weighted by atomic mass is 9.81. The van der Waals surface area contributed by atoms with Gasteiger partial charge in [0.1, 0.15) is 0 Å². The summed E-state index contributed by atoms with van der Waals surface area (Å²) in [5.74, 6) is 0.749. The maximum Gasteiger partial charge on any atom is 0.0594 e. The molecule has 2 unspecified atom stereocenters. The molecule has 0 bridgehead atoms. The molecule has 1 heterocycles. The van der Waals surface area contributed by atoms with E-state index in [-0.39, 0.29) is 5.54 Å². The standard InChI is InChI=1S/C15H30N2O/c1-3-13(2)12-14(16)15(6-4-5-7-15)17-8-10-18-11-9-17/h13-14H,3-12,16H2,1-2H3. The molecule has 0 aromatic carbocycles. The third-order valence-corrected chi connectivity index (χ3v) is 5.15. The summed E-state index contributed by atoms with van der Waals surface area (Å²) < 4.78 is 5.50. The predicted octanol–water partition coefficient (Wildman–Crippen LogP) is 2.39. The van der Waals surface area contributed by atoms with Crippen LogP contribution in [0, 0.1) is 5.92 Å². The second kappa shape index (κ2) is 6.36. The summed E-state index contributed by atoms with van der Waals surface area (Å²) in [6.07, 6.45) is 7.72. The van der Waals surface area contributed by atoms with Gasteiger partial charge in [-0.2, -0.15) is 0 Å². The summed E-state index contributed by atoms with van der Waals surface area (Å²) in [5.41, 5.74) is 6.92. The molecular formula is C15H30N2O. The zero-order chi connectivity index (χ0) is 13.0. The third-order valence-electron chi connectivity index (χ3n) is 5.15. The molecule has 0 aromatic rings. The first-order valence-electron chi connectivity index (χ1n) is 7.77. The van der Waals surface area contributed by atoms with Crippen LogP contribution >= 0.6 is 0 Å². The molecule has 3 heteroatoms. The second-order valence-corrected chi connectivity index (χ2v) is 6.27. The minimum atomic E-state index is 0.285.